The first kappa shape index (κ1) is 20.9. The van der Waals surface area contributed by atoms with Crippen LogP contribution in [-0.4, -0.2) is 71.8 Å². The number of Topliss-reactive ketones (excluding diaryl/α,β-unsaturated/α-hetero) is 1. The molecule has 1 atom stereocenters. The first-order valence-electron chi connectivity index (χ1n) is 9.37. The Bertz CT molecular complexity index is 665. The van der Waals surface area contributed by atoms with Crippen molar-refractivity contribution in [2.75, 3.05) is 39.3 Å². The maximum absolute atomic E-state index is 13.1. The van der Waals surface area contributed by atoms with Crippen molar-refractivity contribution in [1.29, 1.82) is 0 Å². The Labute approximate surface area is 162 Å². The van der Waals surface area contributed by atoms with Gasteiger partial charge in [-0.2, -0.15) is 0 Å². The van der Waals surface area contributed by atoms with Gasteiger partial charge in [-0.25, -0.2) is 0 Å². The van der Waals surface area contributed by atoms with Crippen molar-refractivity contribution in [1.82, 2.24) is 20.1 Å². The van der Waals surface area contributed by atoms with Gasteiger partial charge < -0.3 is 15.2 Å². The molecule has 1 amide bonds. The second kappa shape index (κ2) is 8.55. The molecule has 1 aromatic heterocycles. The number of halogens is 1. The molecule has 6 nitrogen and oxygen atoms in total. The molecule has 3 heterocycles. The number of aromatic nitrogens is 1. The van der Waals surface area contributed by atoms with Crippen LogP contribution in [0.2, 0.25) is 0 Å². The number of aryl methyl sites for hydroxylation is 1. The number of hydrogen-bond donors (Lipinski definition) is 2. The second-order valence-electron chi connectivity index (χ2n) is 7.60. The predicted molar refractivity (Wildman–Crippen MR) is 106 cm³/mol. The molecule has 1 unspecified atom stereocenters. The molecular formula is C19H31ClN4O2. The highest BCUT2D eigenvalue weighted by atomic mass is 35.5. The molecule has 0 radical (unpaired) electrons. The van der Waals surface area contributed by atoms with Gasteiger partial charge in [0.2, 0.25) is 0 Å². The Kier molecular flexibility index (Phi) is 6.88. The molecule has 0 spiro atoms. The fourth-order valence-electron chi connectivity index (χ4n) is 4.27. The number of ketones is 1. The average molecular weight is 383 g/mol. The number of carbonyl (C=O) groups is 2. The minimum atomic E-state index is 0. The summed E-state index contributed by atoms with van der Waals surface area (Å²) in [5, 5.41) is 3.38. The maximum Gasteiger partial charge on any atom is 0.270 e. The van der Waals surface area contributed by atoms with Crippen LogP contribution in [0, 0.1) is 6.92 Å². The van der Waals surface area contributed by atoms with E-state index >= 15 is 0 Å². The van der Waals surface area contributed by atoms with Crippen LogP contribution < -0.4 is 5.32 Å². The summed E-state index contributed by atoms with van der Waals surface area (Å²) in [5.41, 5.74) is 2.98. The second-order valence-corrected chi connectivity index (χ2v) is 7.60. The highest BCUT2D eigenvalue weighted by Crippen LogP contribution is 2.29. The van der Waals surface area contributed by atoms with Crippen molar-refractivity contribution in [3.63, 3.8) is 0 Å². The summed E-state index contributed by atoms with van der Waals surface area (Å²) in [4.78, 5) is 32.8. The maximum atomic E-state index is 13.1. The zero-order valence-corrected chi connectivity index (χ0v) is 17.0. The van der Waals surface area contributed by atoms with Gasteiger partial charge in [0, 0.05) is 56.6 Å². The minimum absolute atomic E-state index is 0. The van der Waals surface area contributed by atoms with Crippen molar-refractivity contribution < 1.29 is 9.59 Å². The van der Waals surface area contributed by atoms with Crippen LogP contribution in [0.25, 0.3) is 0 Å². The average Bonchev–Trinajstić information content (AvgIpc) is 3.19. The number of amides is 1. The summed E-state index contributed by atoms with van der Waals surface area (Å²) < 4.78 is 0. The molecule has 3 rings (SSSR count). The summed E-state index contributed by atoms with van der Waals surface area (Å²) in [5.74, 6) is 0.197. The summed E-state index contributed by atoms with van der Waals surface area (Å²) >= 11 is 0. The van der Waals surface area contributed by atoms with Gasteiger partial charge in [0.15, 0.2) is 5.78 Å². The Balaban J connectivity index is 0.00000243. The Morgan fingerprint density at radius 3 is 2.38 bits per heavy atom. The molecular weight excluding hydrogens is 352 g/mol. The van der Waals surface area contributed by atoms with Gasteiger partial charge in [0.1, 0.15) is 5.69 Å². The highest BCUT2D eigenvalue weighted by molar-refractivity contribution is 6.03. The van der Waals surface area contributed by atoms with E-state index in [0.29, 0.717) is 17.3 Å². The van der Waals surface area contributed by atoms with Gasteiger partial charge in [0.25, 0.3) is 5.91 Å². The molecule has 2 aliphatic rings. The first-order chi connectivity index (χ1) is 11.9. The van der Waals surface area contributed by atoms with Crippen molar-refractivity contribution in [3.05, 3.63) is 22.5 Å². The number of likely N-dealkylation sites (tertiary alicyclic amines) is 1. The van der Waals surface area contributed by atoms with Crippen molar-refractivity contribution >= 4 is 24.1 Å². The Morgan fingerprint density at radius 1 is 1.15 bits per heavy atom. The van der Waals surface area contributed by atoms with Gasteiger partial charge in [-0.1, -0.05) is 13.8 Å². The number of rotatable bonds is 4. The van der Waals surface area contributed by atoms with Crippen LogP contribution >= 0.6 is 12.4 Å². The SMILES string of the molecule is CC(=O)c1c(C)[nH]c(C(=O)N2CCC(N3CCNCC3)C2)c1C(C)C.Cl. The molecule has 2 N–H and O–H groups in total. The van der Waals surface area contributed by atoms with Gasteiger partial charge in [-0.05, 0) is 31.7 Å². The first-order valence-corrected chi connectivity index (χ1v) is 9.37. The lowest BCUT2D eigenvalue weighted by molar-refractivity contribution is 0.0766. The van der Waals surface area contributed by atoms with Crippen LogP contribution in [0.1, 0.15) is 65.2 Å². The smallest absolute Gasteiger partial charge is 0.270 e. The third kappa shape index (κ3) is 3.97. The van der Waals surface area contributed by atoms with Gasteiger partial charge in [0.05, 0.1) is 0 Å². The summed E-state index contributed by atoms with van der Waals surface area (Å²) in [6, 6.07) is 0.455. The van der Waals surface area contributed by atoms with Crippen molar-refractivity contribution in [2.24, 2.45) is 0 Å². The van der Waals surface area contributed by atoms with Crippen LogP contribution in [0.3, 0.4) is 0 Å². The van der Waals surface area contributed by atoms with Gasteiger partial charge in [-0.3, -0.25) is 14.5 Å². The Hall–Kier alpha value is -1.37. The van der Waals surface area contributed by atoms with Crippen LogP contribution in [-0.2, 0) is 0 Å². The van der Waals surface area contributed by atoms with Crippen LogP contribution in [0.4, 0.5) is 0 Å². The van der Waals surface area contributed by atoms with E-state index in [2.05, 4.69) is 15.2 Å². The summed E-state index contributed by atoms with van der Waals surface area (Å²) in [6.07, 6.45) is 1.03. The van der Waals surface area contributed by atoms with Crippen molar-refractivity contribution in [3.8, 4) is 0 Å². The standard InChI is InChI=1S/C19H30N4O2.ClH/c1-12(2)16-17(14(4)24)13(3)21-18(16)19(25)23-8-5-15(11-23)22-9-6-20-7-10-22;/h12,15,20-21H,5-11H2,1-4H3;1H. The lowest BCUT2D eigenvalue weighted by Crippen LogP contribution is -2.49. The molecule has 1 aromatic rings. The fraction of sp³-hybridized carbons (Fsp3) is 0.684. The van der Waals surface area contributed by atoms with E-state index in [0.717, 1.165) is 56.9 Å². The normalized spacial score (nSPS) is 21.1. The molecule has 26 heavy (non-hydrogen) atoms. The summed E-state index contributed by atoms with van der Waals surface area (Å²) in [7, 11) is 0. The number of carbonyl (C=O) groups excluding carboxylic acids is 2. The Morgan fingerprint density at radius 2 is 1.81 bits per heavy atom. The molecule has 7 heteroatoms. The van der Waals surface area contributed by atoms with E-state index in [1.165, 1.54) is 0 Å². The lowest BCUT2D eigenvalue weighted by Gasteiger charge is -2.32. The van der Waals surface area contributed by atoms with E-state index in [1.54, 1.807) is 6.92 Å². The number of nitrogens with one attached hydrogen (secondary N) is 2. The van der Waals surface area contributed by atoms with Crippen LogP contribution in [0.15, 0.2) is 0 Å². The fourth-order valence-corrected chi connectivity index (χ4v) is 4.27. The van der Waals surface area contributed by atoms with E-state index in [9.17, 15) is 9.59 Å². The topological polar surface area (TPSA) is 68.4 Å². The number of H-pyrrole nitrogens is 1. The largest absolute Gasteiger partial charge is 0.354 e. The number of piperazine rings is 1. The van der Waals surface area contributed by atoms with E-state index in [4.69, 9.17) is 0 Å². The van der Waals surface area contributed by atoms with E-state index < -0.39 is 0 Å². The highest BCUT2D eigenvalue weighted by Gasteiger charge is 2.34. The molecule has 2 saturated heterocycles. The molecule has 0 bridgehead atoms. The molecule has 2 fully saturated rings. The molecule has 2 aliphatic heterocycles. The van der Waals surface area contributed by atoms with Gasteiger partial charge in [-0.15, -0.1) is 12.4 Å². The minimum Gasteiger partial charge on any atom is -0.354 e. The van der Waals surface area contributed by atoms with Crippen LogP contribution in [0.5, 0.6) is 0 Å². The van der Waals surface area contributed by atoms with E-state index in [-0.39, 0.29) is 30.0 Å². The number of aromatic amines is 1. The number of hydrogen-bond acceptors (Lipinski definition) is 4. The molecule has 0 saturated carbocycles. The van der Waals surface area contributed by atoms with Crippen molar-refractivity contribution in [2.45, 2.75) is 46.1 Å². The summed E-state index contributed by atoms with van der Waals surface area (Å²) in [6.45, 7) is 13.3. The zero-order chi connectivity index (χ0) is 18.1. The monoisotopic (exact) mass is 382 g/mol. The zero-order valence-electron chi connectivity index (χ0n) is 16.2. The van der Waals surface area contributed by atoms with Gasteiger partial charge >= 0.3 is 0 Å². The number of nitrogens with zero attached hydrogens (tertiary/aromatic N) is 2. The predicted octanol–water partition coefficient (Wildman–Crippen LogP) is 2.19. The quantitative estimate of drug-likeness (QED) is 0.783. The van der Waals surface area contributed by atoms with E-state index in [1.807, 2.05) is 25.7 Å². The molecule has 0 aliphatic carbocycles. The molecule has 0 aromatic carbocycles. The molecule has 146 valence electrons. The lowest BCUT2D eigenvalue weighted by atomic mass is 9.95. The third-order valence-corrected chi connectivity index (χ3v) is 5.49. The third-order valence-electron chi connectivity index (χ3n) is 5.49.